The molecule has 1 heterocycles. The molecule has 1 amide bonds. The Morgan fingerprint density at radius 1 is 1.07 bits per heavy atom. The number of nitrogens with zero attached hydrogens (tertiary/aromatic N) is 2. The molecule has 0 aliphatic rings. The molecular weight excluding hydrogens is 396 g/mol. The van der Waals surface area contributed by atoms with Gasteiger partial charge in [0.1, 0.15) is 5.82 Å². The van der Waals surface area contributed by atoms with Gasteiger partial charge in [0.2, 0.25) is 0 Å². The van der Waals surface area contributed by atoms with Crippen LogP contribution >= 0.6 is 0 Å². The maximum Gasteiger partial charge on any atom is 0.416 e. The van der Waals surface area contributed by atoms with E-state index in [4.69, 9.17) is 0 Å². The highest BCUT2D eigenvalue weighted by Crippen LogP contribution is 2.29. The van der Waals surface area contributed by atoms with Crippen molar-refractivity contribution >= 4 is 5.91 Å². The third-order valence-corrected chi connectivity index (χ3v) is 4.61. The van der Waals surface area contributed by atoms with Crippen LogP contribution in [0, 0.1) is 5.82 Å². The molecule has 0 aliphatic heterocycles. The minimum Gasteiger partial charge on any atom is -0.345 e. The zero-order valence-electron chi connectivity index (χ0n) is 16.1. The number of hydrogen-bond donors (Lipinski definition) is 0. The predicted molar refractivity (Wildman–Crippen MR) is 106 cm³/mol. The number of halogens is 4. The van der Waals surface area contributed by atoms with Gasteiger partial charge >= 0.3 is 6.18 Å². The molecule has 7 heteroatoms. The molecule has 0 bridgehead atoms. The first-order chi connectivity index (χ1) is 14.3. The molecule has 3 rings (SSSR count). The molecule has 3 nitrogen and oxygen atoms in total. The summed E-state index contributed by atoms with van der Waals surface area (Å²) in [5.74, 6) is -0.724. The Bertz CT molecular complexity index is 1020. The third-order valence-electron chi connectivity index (χ3n) is 4.61. The predicted octanol–water partition coefficient (Wildman–Crippen LogP) is 5.52. The fourth-order valence-electron chi connectivity index (χ4n) is 3.14. The Kier molecular flexibility index (Phi) is 6.40. The monoisotopic (exact) mass is 416 g/mol. The minimum absolute atomic E-state index is 0.230. The number of hydrogen-bond acceptors (Lipinski definition) is 1. The standard InChI is InChI=1S/C23H20F4N2O/c1-2-12-29(22(30)18-8-10-20(24)11-9-18)16-21-7-4-13-28(21)15-17-5-3-6-19(14-17)23(25,26)27/h2-11,13-14H,1,12,15-16H2. The molecule has 156 valence electrons. The lowest BCUT2D eigenvalue weighted by atomic mass is 10.1. The highest BCUT2D eigenvalue weighted by atomic mass is 19.4. The van der Waals surface area contributed by atoms with Gasteiger partial charge in [0, 0.05) is 30.5 Å². The second-order valence-corrected chi connectivity index (χ2v) is 6.81. The van der Waals surface area contributed by atoms with Crippen molar-refractivity contribution in [2.24, 2.45) is 0 Å². The SMILES string of the molecule is C=CCN(Cc1cccn1Cc1cccc(C(F)(F)F)c1)C(=O)c1ccc(F)cc1. The van der Waals surface area contributed by atoms with Crippen molar-refractivity contribution in [1.82, 2.24) is 9.47 Å². The number of rotatable bonds is 7. The van der Waals surface area contributed by atoms with E-state index in [2.05, 4.69) is 6.58 Å². The summed E-state index contributed by atoms with van der Waals surface area (Å²) in [5, 5.41) is 0. The van der Waals surface area contributed by atoms with Crippen molar-refractivity contribution in [1.29, 1.82) is 0 Å². The third kappa shape index (κ3) is 5.17. The number of benzene rings is 2. The van der Waals surface area contributed by atoms with Crippen LogP contribution in [0.1, 0.15) is 27.2 Å². The molecule has 0 saturated heterocycles. The van der Waals surface area contributed by atoms with Gasteiger partial charge in [-0.3, -0.25) is 4.79 Å². The van der Waals surface area contributed by atoms with Crippen molar-refractivity contribution in [2.45, 2.75) is 19.3 Å². The van der Waals surface area contributed by atoms with E-state index in [9.17, 15) is 22.4 Å². The zero-order valence-corrected chi connectivity index (χ0v) is 16.1. The lowest BCUT2D eigenvalue weighted by Crippen LogP contribution is -2.31. The number of amides is 1. The fourth-order valence-corrected chi connectivity index (χ4v) is 3.14. The average molecular weight is 416 g/mol. The van der Waals surface area contributed by atoms with E-state index in [1.165, 1.54) is 35.2 Å². The lowest BCUT2D eigenvalue weighted by molar-refractivity contribution is -0.137. The number of alkyl halides is 3. The summed E-state index contributed by atoms with van der Waals surface area (Å²) in [6.45, 7) is 4.41. The van der Waals surface area contributed by atoms with Crippen LogP contribution in [0.3, 0.4) is 0 Å². The summed E-state index contributed by atoms with van der Waals surface area (Å²) < 4.78 is 53.9. The van der Waals surface area contributed by atoms with Crippen LogP contribution in [0.25, 0.3) is 0 Å². The van der Waals surface area contributed by atoms with Gasteiger partial charge < -0.3 is 9.47 Å². The molecule has 0 N–H and O–H groups in total. The average Bonchev–Trinajstić information content (AvgIpc) is 3.14. The first-order valence-corrected chi connectivity index (χ1v) is 9.24. The summed E-state index contributed by atoms with van der Waals surface area (Å²) in [7, 11) is 0. The number of carbonyl (C=O) groups is 1. The van der Waals surface area contributed by atoms with E-state index in [0.29, 0.717) is 11.1 Å². The maximum absolute atomic E-state index is 13.2. The summed E-state index contributed by atoms with van der Waals surface area (Å²) in [5.41, 5.74) is 0.898. The second kappa shape index (κ2) is 8.98. The number of carbonyl (C=O) groups excluding carboxylic acids is 1. The van der Waals surface area contributed by atoms with Gasteiger partial charge in [0.15, 0.2) is 0 Å². The topological polar surface area (TPSA) is 25.2 Å². The molecule has 0 aliphatic carbocycles. The minimum atomic E-state index is -4.40. The van der Waals surface area contributed by atoms with Crippen LogP contribution < -0.4 is 0 Å². The van der Waals surface area contributed by atoms with Crippen LogP contribution in [-0.2, 0) is 19.3 Å². The molecule has 1 aromatic heterocycles. The van der Waals surface area contributed by atoms with Crippen LogP contribution in [0.15, 0.2) is 79.5 Å². The first kappa shape index (κ1) is 21.4. The van der Waals surface area contributed by atoms with E-state index >= 15 is 0 Å². The Morgan fingerprint density at radius 3 is 2.47 bits per heavy atom. The molecule has 0 saturated carbocycles. The van der Waals surface area contributed by atoms with Crippen LogP contribution in [-0.4, -0.2) is 21.9 Å². The summed E-state index contributed by atoms with van der Waals surface area (Å²) in [4.78, 5) is 14.4. The zero-order chi connectivity index (χ0) is 21.7. The summed E-state index contributed by atoms with van der Waals surface area (Å²) >= 11 is 0. The molecule has 0 unspecified atom stereocenters. The molecule has 3 aromatic rings. The Morgan fingerprint density at radius 2 is 1.80 bits per heavy atom. The van der Waals surface area contributed by atoms with Gasteiger partial charge in [-0.2, -0.15) is 13.2 Å². The smallest absolute Gasteiger partial charge is 0.345 e. The van der Waals surface area contributed by atoms with Gasteiger partial charge in [0.05, 0.1) is 12.1 Å². The second-order valence-electron chi connectivity index (χ2n) is 6.81. The molecular formula is C23H20F4N2O. The summed E-state index contributed by atoms with van der Waals surface area (Å²) in [6, 6.07) is 14.0. The summed E-state index contributed by atoms with van der Waals surface area (Å²) in [6.07, 6.45) is -1.07. The molecule has 0 radical (unpaired) electrons. The van der Waals surface area contributed by atoms with E-state index in [0.717, 1.165) is 17.8 Å². The van der Waals surface area contributed by atoms with Crippen LogP contribution in [0.4, 0.5) is 17.6 Å². The molecule has 0 atom stereocenters. The Labute approximate surface area is 171 Å². The Hall–Kier alpha value is -3.35. The first-order valence-electron chi connectivity index (χ1n) is 9.24. The normalized spacial score (nSPS) is 11.3. The van der Waals surface area contributed by atoms with Gasteiger partial charge in [-0.15, -0.1) is 6.58 Å². The fraction of sp³-hybridized carbons (Fsp3) is 0.174. The van der Waals surface area contributed by atoms with Crippen molar-refractivity contribution in [3.05, 3.63) is 108 Å². The quantitative estimate of drug-likeness (QED) is 0.368. The molecule has 2 aromatic carbocycles. The van der Waals surface area contributed by atoms with Crippen molar-refractivity contribution < 1.29 is 22.4 Å². The lowest BCUT2D eigenvalue weighted by Gasteiger charge is -2.22. The van der Waals surface area contributed by atoms with Crippen LogP contribution in [0.5, 0.6) is 0 Å². The van der Waals surface area contributed by atoms with E-state index in [1.807, 2.05) is 6.07 Å². The van der Waals surface area contributed by atoms with Crippen LogP contribution in [0.2, 0.25) is 0 Å². The van der Waals surface area contributed by atoms with Gasteiger partial charge in [-0.05, 0) is 54.1 Å². The molecule has 30 heavy (non-hydrogen) atoms. The van der Waals surface area contributed by atoms with Crippen molar-refractivity contribution in [2.75, 3.05) is 6.54 Å². The van der Waals surface area contributed by atoms with Gasteiger partial charge in [-0.25, -0.2) is 4.39 Å². The highest BCUT2D eigenvalue weighted by molar-refractivity contribution is 5.94. The molecule has 0 fully saturated rings. The van der Waals surface area contributed by atoms with Gasteiger partial charge in [-0.1, -0.05) is 18.2 Å². The maximum atomic E-state index is 13.2. The van der Waals surface area contributed by atoms with E-state index < -0.39 is 17.6 Å². The van der Waals surface area contributed by atoms with Crippen molar-refractivity contribution in [3.63, 3.8) is 0 Å². The Balaban J connectivity index is 1.80. The number of aromatic nitrogens is 1. The van der Waals surface area contributed by atoms with Crippen molar-refractivity contribution in [3.8, 4) is 0 Å². The highest BCUT2D eigenvalue weighted by Gasteiger charge is 2.30. The largest absolute Gasteiger partial charge is 0.416 e. The molecule has 0 spiro atoms. The van der Waals surface area contributed by atoms with E-state index in [-0.39, 0.29) is 25.5 Å². The van der Waals surface area contributed by atoms with E-state index in [1.54, 1.807) is 29.0 Å². The van der Waals surface area contributed by atoms with Gasteiger partial charge in [0.25, 0.3) is 5.91 Å².